The van der Waals surface area contributed by atoms with E-state index in [9.17, 15) is 5.11 Å². The molecule has 0 spiro atoms. The molecular weight excluding hydrogens is 286 g/mol. The summed E-state index contributed by atoms with van der Waals surface area (Å²) >= 11 is 1.80. The van der Waals surface area contributed by atoms with Crippen molar-refractivity contribution in [2.75, 3.05) is 37.4 Å². The smallest absolute Gasteiger partial charge is 0.151 e. The maximum atomic E-state index is 10.1. The van der Waals surface area contributed by atoms with Crippen molar-refractivity contribution >= 4 is 28.6 Å². The van der Waals surface area contributed by atoms with Crippen LogP contribution < -0.4 is 5.73 Å². The highest BCUT2D eigenvalue weighted by molar-refractivity contribution is 7.98. The lowest BCUT2D eigenvalue weighted by Crippen LogP contribution is -2.24. The van der Waals surface area contributed by atoms with Crippen LogP contribution in [0.15, 0.2) is 12.5 Å². The Bertz CT molecular complexity index is 616. The second-order valence-electron chi connectivity index (χ2n) is 5.59. The number of aliphatic hydroxyl groups excluding tert-OH is 1. The summed E-state index contributed by atoms with van der Waals surface area (Å²) in [6.07, 6.45) is 6.25. The van der Waals surface area contributed by atoms with Crippen LogP contribution in [0.3, 0.4) is 0 Å². The molecule has 2 atom stereocenters. The van der Waals surface area contributed by atoms with Gasteiger partial charge in [-0.2, -0.15) is 11.8 Å². The Labute approximate surface area is 128 Å². The number of nitrogens with zero attached hydrogens (tertiary/aromatic N) is 3. The van der Waals surface area contributed by atoms with Crippen molar-refractivity contribution in [2.24, 2.45) is 5.92 Å². The highest BCUT2D eigenvalue weighted by Crippen LogP contribution is 2.23. The summed E-state index contributed by atoms with van der Waals surface area (Å²) in [4.78, 5) is 13.8. The molecule has 0 bridgehead atoms. The number of nitrogens with one attached hydrogen (secondary N) is 1. The molecule has 2 aromatic rings. The summed E-state index contributed by atoms with van der Waals surface area (Å²) < 4.78 is 0. The van der Waals surface area contributed by atoms with Crippen LogP contribution in [0.25, 0.3) is 11.0 Å². The van der Waals surface area contributed by atoms with Gasteiger partial charge in [0.15, 0.2) is 5.82 Å². The lowest BCUT2D eigenvalue weighted by molar-refractivity contribution is 0.150. The number of nitrogens with two attached hydrogens (primary N) is 1. The molecule has 2 aromatic heterocycles. The largest absolute Gasteiger partial charge is 0.391 e. The van der Waals surface area contributed by atoms with Crippen LogP contribution in [0.2, 0.25) is 0 Å². The summed E-state index contributed by atoms with van der Waals surface area (Å²) in [6.45, 7) is 2.67. The predicted octanol–water partition coefficient (Wildman–Crippen LogP) is 0.738. The third-order valence-corrected chi connectivity index (χ3v) is 4.89. The van der Waals surface area contributed by atoms with Gasteiger partial charge in [-0.15, -0.1) is 0 Å². The van der Waals surface area contributed by atoms with Gasteiger partial charge in [-0.25, -0.2) is 9.97 Å². The van der Waals surface area contributed by atoms with Gasteiger partial charge in [-0.3, -0.25) is 0 Å². The molecule has 1 aliphatic heterocycles. The minimum atomic E-state index is -0.196. The van der Waals surface area contributed by atoms with E-state index in [1.165, 1.54) is 6.33 Å². The van der Waals surface area contributed by atoms with Gasteiger partial charge in [0.1, 0.15) is 11.8 Å². The lowest BCUT2D eigenvalue weighted by Gasteiger charge is -2.14. The van der Waals surface area contributed by atoms with Crippen LogP contribution in [0, 0.1) is 5.92 Å². The molecule has 6 nitrogen and oxygen atoms in total. The zero-order chi connectivity index (χ0) is 14.8. The Hall–Kier alpha value is -1.31. The van der Waals surface area contributed by atoms with Crippen molar-refractivity contribution in [3.05, 3.63) is 18.1 Å². The van der Waals surface area contributed by atoms with E-state index >= 15 is 0 Å². The maximum Gasteiger partial charge on any atom is 0.151 e. The molecule has 0 amide bonds. The molecule has 3 heterocycles. The highest BCUT2D eigenvalue weighted by atomic mass is 32.2. The number of nitrogen functional groups attached to an aromatic ring is 1. The zero-order valence-corrected chi connectivity index (χ0v) is 12.9. The number of β-amino-alcohol motifs (C(OH)–C–C–N with tert-alkyl or cyclic N) is 1. The normalized spacial score (nSPS) is 23.1. The molecule has 21 heavy (non-hydrogen) atoms. The Kier molecular flexibility index (Phi) is 4.32. The van der Waals surface area contributed by atoms with Crippen molar-refractivity contribution in [2.45, 2.75) is 12.5 Å². The first-order chi connectivity index (χ1) is 10.2. The molecule has 0 radical (unpaired) electrons. The highest BCUT2D eigenvalue weighted by Gasteiger charge is 2.30. The van der Waals surface area contributed by atoms with E-state index in [0.717, 1.165) is 48.4 Å². The Morgan fingerprint density at radius 3 is 3.14 bits per heavy atom. The van der Waals surface area contributed by atoms with Crippen LogP contribution in [-0.2, 0) is 6.42 Å². The summed E-state index contributed by atoms with van der Waals surface area (Å²) in [7, 11) is 0. The number of H-pyrrole nitrogens is 1. The summed E-state index contributed by atoms with van der Waals surface area (Å²) in [5, 5.41) is 10.1. The number of aromatic amines is 1. The molecule has 1 fully saturated rings. The van der Waals surface area contributed by atoms with Gasteiger partial charge in [0.25, 0.3) is 0 Å². The van der Waals surface area contributed by atoms with Crippen LogP contribution >= 0.6 is 11.8 Å². The molecule has 4 N–H and O–H groups in total. The van der Waals surface area contributed by atoms with Gasteiger partial charge >= 0.3 is 0 Å². The first-order valence-corrected chi connectivity index (χ1v) is 8.54. The van der Waals surface area contributed by atoms with Crippen LogP contribution in [0.4, 0.5) is 5.82 Å². The Morgan fingerprint density at radius 1 is 1.48 bits per heavy atom. The minimum absolute atomic E-state index is 0.196. The van der Waals surface area contributed by atoms with Gasteiger partial charge in [0, 0.05) is 31.7 Å². The van der Waals surface area contributed by atoms with Gasteiger partial charge in [0.2, 0.25) is 0 Å². The van der Waals surface area contributed by atoms with Crippen molar-refractivity contribution < 1.29 is 5.11 Å². The fourth-order valence-electron chi connectivity index (χ4n) is 2.98. The van der Waals surface area contributed by atoms with Gasteiger partial charge < -0.3 is 20.7 Å². The number of hydrogen-bond donors (Lipinski definition) is 3. The second-order valence-corrected chi connectivity index (χ2v) is 6.50. The predicted molar refractivity (Wildman–Crippen MR) is 86.3 cm³/mol. The zero-order valence-electron chi connectivity index (χ0n) is 12.1. The summed E-state index contributed by atoms with van der Waals surface area (Å²) in [6, 6.07) is 0. The molecule has 0 aliphatic carbocycles. The van der Waals surface area contributed by atoms with E-state index in [-0.39, 0.29) is 6.10 Å². The average Bonchev–Trinajstić information content (AvgIpc) is 3.03. The number of anilines is 1. The van der Waals surface area contributed by atoms with Crippen molar-refractivity contribution in [3.8, 4) is 0 Å². The average molecular weight is 307 g/mol. The number of thioether (sulfide) groups is 1. The topological polar surface area (TPSA) is 91.1 Å². The van der Waals surface area contributed by atoms with Crippen molar-refractivity contribution in [1.29, 1.82) is 0 Å². The number of aromatic nitrogens is 3. The fraction of sp³-hybridized carbons (Fsp3) is 0.571. The van der Waals surface area contributed by atoms with E-state index in [2.05, 4.69) is 26.1 Å². The third kappa shape index (κ3) is 3.00. The quantitative estimate of drug-likeness (QED) is 0.755. The first-order valence-electron chi connectivity index (χ1n) is 7.15. The summed E-state index contributed by atoms with van der Waals surface area (Å²) in [5.41, 5.74) is 8.70. The van der Waals surface area contributed by atoms with E-state index in [1.54, 1.807) is 11.8 Å². The maximum absolute atomic E-state index is 10.1. The van der Waals surface area contributed by atoms with E-state index in [4.69, 9.17) is 5.73 Å². The number of fused-ring (bicyclic) bond motifs is 1. The lowest BCUT2D eigenvalue weighted by atomic mass is 10.1. The number of aliphatic hydroxyl groups is 1. The van der Waals surface area contributed by atoms with Crippen molar-refractivity contribution in [1.82, 2.24) is 19.9 Å². The molecule has 1 saturated heterocycles. The summed E-state index contributed by atoms with van der Waals surface area (Å²) in [5.74, 6) is 1.90. The molecule has 3 rings (SSSR count). The second kappa shape index (κ2) is 6.21. The van der Waals surface area contributed by atoms with Crippen LogP contribution in [0.1, 0.15) is 5.56 Å². The Balaban J connectivity index is 1.64. The van der Waals surface area contributed by atoms with Crippen LogP contribution in [-0.4, -0.2) is 62.7 Å². The molecule has 0 unspecified atom stereocenters. The first kappa shape index (κ1) is 14.6. The van der Waals surface area contributed by atoms with Gasteiger partial charge in [-0.1, -0.05) is 0 Å². The SMILES string of the molecule is CSC[C@H]1CN(CCc2c[nH]c3c(N)ncnc23)C[C@@H]1O. The Morgan fingerprint density at radius 2 is 2.33 bits per heavy atom. The standard InChI is InChI=1S/C14H21N5OS/c1-21-7-10-5-19(6-11(10)20)3-2-9-4-16-13-12(9)17-8-18-14(13)15/h4,8,10-11,16,20H,2-3,5-7H2,1H3,(H2,15,17,18)/t10-,11+/m1/s1. The molecule has 0 saturated carbocycles. The number of likely N-dealkylation sites (tertiary alicyclic amines) is 1. The van der Waals surface area contributed by atoms with E-state index < -0.39 is 0 Å². The van der Waals surface area contributed by atoms with Crippen LogP contribution in [0.5, 0.6) is 0 Å². The monoisotopic (exact) mass is 307 g/mol. The third-order valence-electron chi connectivity index (χ3n) is 4.13. The van der Waals surface area contributed by atoms with E-state index in [0.29, 0.717) is 11.7 Å². The molecule has 0 aromatic carbocycles. The van der Waals surface area contributed by atoms with E-state index in [1.807, 2.05) is 6.20 Å². The molecule has 114 valence electrons. The van der Waals surface area contributed by atoms with Gasteiger partial charge in [0.05, 0.1) is 11.6 Å². The number of rotatable bonds is 5. The fourth-order valence-corrected chi connectivity index (χ4v) is 3.74. The van der Waals surface area contributed by atoms with Gasteiger partial charge in [-0.05, 0) is 24.0 Å². The minimum Gasteiger partial charge on any atom is -0.391 e. The molecular formula is C14H21N5OS. The molecule has 7 heteroatoms. The van der Waals surface area contributed by atoms with Crippen molar-refractivity contribution in [3.63, 3.8) is 0 Å². The molecule has 1 aliphatic rings. The number of hydrogen-bond acceptors (Lipinski definition) is 6.